The van der Waals surface area contributed by atoms with Crippen molar-refractivity contribution in [3.8, 4) is 0 Å². The first kappa shape index (κ1) is 23.1. The van der Waals surface area contributed by atoms with Crippen molar-refractivity contribution in [2.24, 2.45) is 0 Å². The number of hydrogen-bond acceptors (Lipinski definition) is 11. The molecule has 170 valence electrons. The van der Waals surface area contributed by atoms with Gasteiger partial charge in [0.2, 0.25) is 5.28 Å². The fourth-order valence-corrected chi connectivity index (χ4v) is 3.19. The summed E-state index contributed by atoms with van der Waals surface area (Å²) in [5, 5.41) is 10.1. The van der Waals surface area contributed by atoms with Crippen LogP contribution >= 0.6 is 11.6 Å². The van der Waals surface area contributed by atoms with Crippen LogP contribution in [0.5, 0.6) is 0 Å². The van der Waals surface area contributed by atoms with Crippen LogP contribution in [-0.2, 0) is 28.5 Å². The van der Waals surface area contributed by atoms with Gasteiger partial charge in [-0.1, -0.05) is 0 Å². The summed E-state index contributed by atoms with van der Waals surface area (Å²) in [5.74, 6) is -1.94. The molecule has 2 aromatic heterocycles. The summed E-state index contributed by atoms with van der Waals surface area (Å²) in [6, 6.07) is 0. The van der Waals surface area contributed by atoms with E-state index in [0.717, 1.165) is 0 Å². The molecule has 1 fully saturated rings. The van der Waals surface area contributed by atoms with Crippen LogP contribution < -0.4 is 5.73 Å². The van der Waals surface area contributed by atoms with E-state index in [-0.39, 0.29) is 35.5 Å². The van der Waals surface area contributed by atoms with Crippen LogP contribution in [0, 0.1) is 0 Å². The molecule has 0 aromatic carbocycles. The number of rotatable bonds is 8. The minimum atomic E-state index is -1.91. The van der Waals surface area contributed by atoms with E-state index in [9.17, 15) is 19.1 Å². The van der Waals surface area contributed by atoms with Crippen molar-refractivity contribution >= 4 is 40.5 Å². The molecule has 0 aliphatic carbocycles. The Labute approximate surface area is 180 Å². The molecule has 4 atom stereocenters. The van der Waals surface area contributed by atoms with Gasteiger partial charge in [-0.3, -0.25) is 4.57 Å². The van der Waals surface area contributed by atoms with Gasteiger partial charge in [0.15, 0.2) is 23.9 Å². The van der Waals surface area contributed by atoms with Gasteiger partial charge in [-0.15, -0.1) is 0 Å². The fraction of sp³-hybridized carbons (Fsp3) is 0.588. The van der Waals surface area contributed by atoms with Gasteiger partial charge < -0.3 is 29.8 Å². The van der Waals surface area contributed by atoms with E-state index in [0.29, 0.717) is 0 Å². The first-order chi connectivity index (χ1) is 14.8. The highest BCUT2D eigenvalue weighted by atomic mass is 35.5. The van der Waals surface area contributed by atoms with Gasteiger partial charge in [0.05, 0.1) is 26.1 Å². The molecule has 14 heteroatoms. The first-order valence-electron chi connectivity index (χ1n) is 9.36. The molecule has 3 rings (SSSR count). The Morgan fingerprint density at radius 3 is 2.58 bits per heavy atom. The minimum absolute atomic E-state index is 0.00528. The van der Waals surface area contributed by atoms with Gasteiger partial charge in [0.1, 0.15) is 17.7 Å². The molecule has 0 unspecified atom stereocenters. The summed E-state index contributed by atoms with van der Waals surface area (Å²) < 4.78 is 36.5. The van der Waals surface area contributed by atoms with E-state index in [1.54, 1.807) is 13.8 Å². The number of esters is 2. The van der Waals surface area contributed by atoms with E-state index >= 15 is 0 Å². The Morgan fingerprint density at radius 1 is 1.32 bits per heavy atom. The number of nitrogens with two attached hydrogens (primary N) is 1. The zero-order chi connectivity index (χ0) is 22.7. The molecule has 0 radical (unpaired) electrons. The van der Waals surface area contributed by atoms with Crippen LogP contribution in [0.1, 0.15) is 20.1 Å². The summed E-state index contributed by atoms with van der Waals surface area (Å²) in [7, 11) is 0. The number of nitrogen functional groups attached to an aromatic ring is 1. The number of aliphatic hydroxyl groups excluding tert-OH is 1. The summed E-state index contributed by atoms with van der Waals surface area (Å²) in [6.45, 7) is 2.64. The van der Waals surface area contributed by atoms with Crippen LogP contribution in [0.25, 0.3) is 11.2 Å². The van der Waals surface area contributed by atoms with Crippen LogP contribution in [0.15, 0.2) is 6.33 Å². The largest absolute Gasteiger partial charge is 0.464 e. The predicted molar refractivity (Wildman–Crippen MR) is 103 cm³/mol. The Hall–Kier alpha value is -2.61. The molecule has 0 bridgehead atoms. The number of hydrogen-bond donors (Lipinski definition) is 2. The smallest absolute Gasteiger partial charge is 0.347 e. The number of alkyl halides is 1. The molecule has 3 N–H and O–H groups in total. The van der Waals surface area contributed by atoms with Gasteiger partial charge in [0.25, 0.3) is 6.10 Å². The topological polar surface area (TPSA) is 161 Å². The molecule has 31 heavy (non-hydrogen) atoms. The predicted octanol–water partition coefficient (Wildman–Crippen LogP) is 0.170. The van der Waals surface area contributed by atoms with Gasteiger partial charge in [-0.2, -0.15) is 9.97 Å². The molecule has 1 saturated heterocycles. The van der Waals surface area contributed by atoms with Crippen molar-refractivity contribution in [2.75, 3.05) is 25.6 Å². The molecule has 1 aliphatic rings. The van der Waals surface area contributed by atoms with E-state index in [1.807, 2.05) is 0 Å². The summed E-state index contributed by atoms with van der Waals surface area (Å²) >= 11 is 5.81. The third-order valence-electron chi connectivity index (χ3n) is 4.42. The molecule has 0 saturated carbocycles. The standard InChI is InChI=1S/C17H21ClFN5O7/c1-3-28-15(26)11(16(27)29-4-2)30-5-7-10(25)8(19)14(31-7)24-6-21-9-12(20)22-17(18)23-13(9)24/h6-8,10-11,14,25H,3-5H2,1-2H3,(H2,20,22,23)/t7-,8+,10-,14-/m1/s1. The second-order valence-corrected chi connectivity index (χ2v) is 6.76. The number of aromatic nitrogens is 4. The number of halogens is 2. The maximum atomic E-state index is 14.8. The highest BCUT2D eigenvalue weighted by Gasteiger charge is 2.47. The number of nitrogens with zero attached hydrogens (tertiary/aromatic N) is 4. The SMILES string of the molecule is CCOC(=O)C(OC[C@H]1O[C@@H](n2cnc3c(N)nc(Cl)nc32)[C@@H](F)[C@@H]1O)C(=O)OCC. The van der Waals surface area contributed by atoms with Gasteiger partial charge in [-0.25, -0.2) is 19.0 Å². The lowest BCUT2D eigenvalue weighted by molar-refractivity contribution is -0.177. The monoisotopic (exact) mass is 461 g/mol. The van der Waals surface area contributed by atoms with E-state index < -0.39 is 49.3 Å². The number of fused-ring (bicyclic) bond motifs is 1. The van der Waals surface area contributed by atoms with Crippen molar-refractivity contribution < 1.29 is 38.0 Å². The van der Waals surface area contributed by atoms with E-state index in [4.69, 9.17) is 36.3 Å². The molecule has 12 nitrogen and oxygen atoms in total. The van der Waals surface area contributed by atoms with Crippen molar-refractivity contribution in [2.45, 2.75) is 44.6 Å². The average Bonchev–Trinajstić information content (AvgIpc) is 3.24. The summed E-state index contributed by atoms with van der Waals surface area (Å²) in [4.78, 5) is 35.8. The minimum Gasteiger partial charge on any atom is -0.464 e. The lowest BCUT2D eigenvalue weighted by Crippen LogP contribution is -2.40. The number of anilines is 1. The number of imidazole rings is 1. The maximum Gasteiger partial charge on any atom is 0.347 e. The van der Waals surface area contributed by atoms with Gasteiger partial charge >= 0.3 is 11.9 Å². The number of carbonyl (C=O) groups is 2. The third-order valence-corrected chi connectivity index (χ3v) is 4.59. The lowest BCUT2D eigenvalue weighted by Gasteiger charge is -2.19. The third kappa shape index (κ3) is 4.69. The second-order valence-electron chi connectivity index (χ2n) is 6.42. The number of carbonyl (C=O) groups excluding carboxylic acids is 2. The lowest BCUT2D eigenvalue weighted by atomic mass is 10.1. The quantitative estimate of drug-likeness (QED) is 0.313. The zero-order valence-electron chi connectivity index (χ0n) is 16.6. The number of ether oxygens (including phenoxy) is 4. The molecule has 0 spiro atoms. The average molecular weight is 462 g/mol. The van der Waals surface area contributed by atoms with E-state index in [1.165, 1.54) is 10.9 Å². The summed E-state index contributed by atoms with van der Waals surface area (Å²) in [5.41, 5.74) is 6.03. The second kappa shape index (κ2) is 9.68. The highest BCUT2D eigenvalue weighted by molar-refractivity contribution is 6.28. The molecule has 0 amide bonds. The Kier molecular flexibility index (Phi) is 7.20. The van der Waals surface area contributed by atoms with Crippen LogP contribution in [0.2, 0.25) is 5.28 Å². The van der Waals surface area contributed by atoms with Crippen molar-refractivity contribution in [3.63, 3.8) is 0 Å². The molecule has 3 heterocycles. The number of aliphatic hydroxyl groups is 1. The molecule has 2 aromatic rings. The van der Waals surface area contributed by atoms with Crippen molar-refractivity contribution in [3.05, 3.63) is 11.6 Å². The van der Waals surface area contributed by atoms with Crippen LogP contribution in [-0.4, -0.2) is 80.9 Å². The maximum absolute atomic E-state index is 14.8. The fourth-order valence-electron chi connectivity index (χ4n) is 3.02. The van der Waals surface area contributed by atoms with Gasteiger partial charge in [0, 0.05) is 0 Å². The van der Waals surface area contributed by atoms with E-state index in [2.05, 4.69) is 15.0 Å². The zero-order valence-corrected chi connectivity index (χ0v) is 17.4. The van der Waals surface area contributed by atoms with Crippen LogP contribution in [0.3, 0.4) is 0 Å². The van der Waals surface area contributed by atoms with Crippen molar-refractivity contribution in [1.29, 1.82) is 0 Å². The summed E-state index contributed by atoms with van der Waals surface area (Å²) in [6.07, 6.45) is -6.60. The normalized spacial score (nSPS) is 23.4. The molecular formula is C17H21ClFN5O7. The Morgan fingerprint density at radius 2 is 1.97 bits per heavy atom. The first-order valence-corrected chi connectivity index (χ1v) is 9.74. The van der Waals surface area contributed by atoms with Crippen molar-refractivity contribution in [1.82, 2.24) is 19.5 Å². The Bertz CT molecular complexity index is 942. The van der Waals surface area contributed by atoms with Crippen LogP contribution in [0.4, 0.5) is 10.2 Å². The Balaban J connectivity index is 1.76. The molecular weight excluding hydrogens is 441 g/mol. The highest BCUT2D eigenvalue weighted by Crippen LogP contribution is 2.34. The molecule has 1 aliphatic heterocycles. The van der Waals surface area contributed by atoms with Gasteiger partial charge in [-0.05, 0) is 25.4 Å².